The van der Waals surface area contributed by atoms with Crippen LogP contribution in [0, 0.1) is 0 Å². The minimum atomic E-state index is 0.317. The van der Waals surface area contributed by atoms with E-state index in [1.165, 1.54) is 11.3 Å². The first-order valence-electron chi connectivity index (χ1n) is 8.48. The SMILES string of the molecule is COc1nccc(-c2nnc(N3CCN(C)c4ccccc4C3)n2C)n1. The molecule has 0 radical (unpaired) electrons. The van der Waals surface area contributed by atoms with Crippen LogP contribution in [-0.2, 0) is 13.6 Å². The van der Waals surface area contributed by atoms with Crippen LogP contribution in [0.15, 0.2) is 36.5 Å². The second-order valence-electron chi connectivity index (χ2n) is 6.28. The van der Waals surface area contributed by atoms with Crippen molar-refractivity contribution < 1.29 is 4.74 Å². The van der Waals surface area contributed by atoms with Gasteiger partial charge in [-0.25, -0.2) is 4.98 Å². The topological polar surface area (TPSA) is 72.2 Å². The van der Waals surface area contributed by atoms with Crippen LogP contribution in [0.4, 0.5) is 11.6 Å². The van der Waals surface area contributed by atoms with Crippen LogP contribution in [0.2, 0.25) is 0 Å². The lowest BCUT2D eigenvalue weighted by molar-refractivity contribution is 0.380. The van der Waals surface area contributed by atoms with E-state index in [2.05, 4.69) is 61.3 Å². The molecule has 1 aliphatic rings. The predicted octanol–water partition coefficient (Wildman–Crippen LogP) is 1.74. The summed E-state index contributed by atoms with van der Waals surface area (Å²) < 4.78 is 7.08. The molecule has 0 atom stereocenters. The van der Waals surface area contributed by atoms with Gasteiger partial charge in [0, 0.05) is 45.6 Å². The number of hydrogen-bond acceptors (Lipinski definition) is 7. The normalized spacial score (nSPS) is 14.1. The number of likely N-dealkylation sites (N-methyl/N-ethyl adjacent to an activating group) is 1. The Hall–Kier alpha value is -3.16. The molecule has 1 aromatic carbocycles. The molecule has 0 fully saturated rings. The van der Waals surface area contributed by atoms with Crippen molar-refractivity contribution in [2.45, 2.75) is 6.54 Å². The summed E-state index contributed by atoms with van der Waals surface area (Å²) in [6.07, 6.45) is 1.66. The van der Waals surface area contributed by atoms with Crippen molar-refractivity contribution in [3.63, 3.8) is 0 Å². The van der Waals surface area contributed by atoms with Crippen LogP contribution in [0.3, 0.4) is 0 Å². The highest BCUT2D eigenvalue weighted by molar-refractivity contribution is 5.58. The van der Waals surface area contributed by atoms with E-state index in [1.807, 2.05) is 17.7 Å². The Balaban J connectivity index is 1.68. The number of para-hydroxylation sites is 1. The number of rotatable bonds is 3. The monoisotopic (exact) mass is 351 g/mol. The van der Waals surface area contributed by atoms with Gasteiger partial charge in [-0.3, -0.25) is 4.57 Å². The van der Waals surface area contributed by atoms with Crippen molar-refractivity contribution >= 4 is 11.6 Å². The van der Waals surface area contributed by atoms with Crippen LogP contribution in [-0.4, -0.2) is 52.0 Å². The van der Waals surface area contributed by atoms with Crippen LogP contribution >= 0.6 is 0 Å². The Morgan fingerprint density at radius 1 is 1.04 bits per heavy atom. The van der Waals surface area contributed by atoms with E-state index in [0.717, 1.165) is 25.6 Å². The molecule has 0 amide bonds. The van der Waals surface area contributed by atoms with E-state index in [9.17, 15) is 0 Å². The van der Waals surface area contributed by atoms with Gasteiger partial charge in [0.05, 0.1) is 7.11 Å². The average molecular weight is 351 g/mol. The highest BCUT2D eigenvalue weighted by Crippen LogP contribution is 2.27. The van der Waals surface area contributed by atoms with Gasteiger partial charge >= 0.3 is 6.01 Å². The van der Waals surface area contributed by atoms with Crippen LogP contribution in [0.5, 0.6) is 6.01 Å². The summed E-state index contributed by atoms with van der Waals surface area (Å²) >= 11 is 0. The summed E-state index contributed by atoms with van der Waals surface area (Å²) in [5.74, 6) is 1.51. The third kappa shape index (κ3) is 2.83. The zero-order valence-corrected chi connectivity index (χ0v) is 15.1. The van der Waals surface area contributed by atoms with Crippen LogP contribution in [0.25, 0.3) is 11.5 Å². The largest absolute Gasteiger partial charge is 0.467 e. The summed E-state index contributed by atoms with van der Waals surface area (Å²) in [6.45, 7) is 2.57. The van der Waals surface area contributed by atoms with Gasteiger partial charge in [0.15, 0.2) is 5.82 Å². The fourth-order valence-electron chi connectivity index (χ4n) is 3.25. The van der Waals surface area contributed by atoms with Crippen molar-refractivity contribution in [2.24, 2.45) is 7.05 Å². The van der Waals surface area contributed by atoms with Crippen molar-refractivity contribution in [3.8, 4) is 17.5 Å². The van der Waals surface area contributed by atoms with E-state index < -0.39 is 0 Å². The van der Waals surface area contributed by atoms with E-state index in [-0.39, 0.29) is 0 Å². The molecule has 8 heteroatoms. The molecule has 4 rings (SSSR count). The molecule has 0 unspecified atom stereocenters. The Bertz CT molecular complexity index is 923. The number of methoxy groups -OCH3 is 1. The molecular formula is C18H21N7O. The quantitative estimate of drug-likeness (QED) is 0.712. The number of hydrogen-bond donors (Lipinski definition) is 0. The fraction of sp³-hybridized carbons (Fsp3) is 0.333. The highest BCUT2D eigenvalue weighted by atomic mass is 16.5. The minimum absolute atomic E-state index is 0.317. The molecule has 0 aliphatic carbocycles. The smallest absolute Gasteiger partial charge is 0.316 e. The van der Waals surface area contributed by atoms with Crippen molar-refractivity contribution in [3.05, 3.63) is 42.1 Å². The second kappa shape index (κ2) is 6.62. The van der Waals surface area contributed by atoms with E-state index in [0.29, 0.717) is 17.5 Å². The molecule has 0 N–H and O–H groups in total. The number of fused-ring (bicyclic) bond motifs is 1. The Morgan fingerprint density at radius 2 is 1.88 bits per heavy atom. The lowest BCUT2D eigenvalue weighted by Gasteiger charge is -2.21. The van der Waals surface area contributed by atoms with Crippen molar-refractivity contribution in [1.82, 2.24) is 24.7 Å². The van der Waals surface area contributed by atoms with E-state index >= 15 is 0 Å². The van der Waals surface area contributed by atoms with Gasteiger partial charge in [0.25, 0.3) is 0 Å². The number of benzene rings is 1. The van der Waals surface area contributed by atoms with Gasteiger partial charge in [-0.1, -0.05) is 18.2 Å². The first-order valence-corrected chi connectivity index (χ1v) is 8.48. The van der Waals surface area contributed by atoms with E-state index in [1.54, 1.807) is 13.3 Å². The van der Waals surface area contributed by atoms with Gasteiger partial charge in [-0.2, -0.15) is 4.98 Å². The molecule has 0 saturated heterocycles. The van der Waals surface area contributed by atoms with E-state index in [4.69, 9.17) is 4.74 Å². The summed E-state index contributed by atoms with van der Waals surface area (Å²) in [6, 6.07) is 10.6. The molecule has 8 nitrogen and oxygen atoms in total. The highest BCUT2D eigenvalue weighted by Gasteiger charge is 2.22. The van der Waals surface area contributed by atoms with Crippen LogP contribution in [0.1, 0.15) is 5.56 Å². The lowest BCUT2D eigenvalue weighted by atomic mass is 10.1. The van der Waals surface area contributed by atoms with Crippen molar-refractivity contribution in [1.29, 1.82) is 0 Å². The molecule has 3 aromatic rings. The molecule has 0 spiro atoms. The Kier molecular flexibility index (Phi) is 4.16. The molecule has 26 heavy (non-hydrogen) atoms. The predicted molar refractivity (Wildman–Crippen MR) is 99.3 cm³/mol. The number of ether oxygens (including phenoxy) is 1. The third-order valence-corrected chi connectivity index (χ3v) is 4.65. The Labute approximate surface area is 152 Å². The van der Waals surface area contributed by atoms with Crippen LogP contribution < -0.4 is 14.5 Å². The molecule has 3 heterocycles. The van der Waals surface area contributed by atoms with Crippen molar-refractivity contribution in [2.75, 3.05) is 37.0 Å². The molecule has 0 bridgehead atoms. The van der Waals surface area contributed by atoms with Gasteiger partial charge in [0.1, 0.15) is 5.69 Å². The zero-order valence-electron chi connectivity index (χ0n) is 15.1. The minimum Gasteiger partial charge on any atom is -0.467 e. The maximum Gasteiger partial charge on any atom is 0.316 e. The summed E-state index contributed by atoms with van der Waals surface area (Å²) in [4.78, 5) is 12.9. The first kappa shape index (κ1) is 16.3. The number of aromatic nitrogens is 5. The van der Waals surface area contributed by atoms with Gasteiger partial charge in [-0.15, -0.1) is 10.2 Å². The second-order valence-corrected chi connectivity index (χ2v) is 6.28. The summed E-state index contributed by atoms with van der Waals surface area (Å²) in [7, 11) is 5.63. The first-order chi connectivity index (χ1) is 12.7. The number of nitrogens with zero attached hydrogens (tertiary/aromatic N) is 7. The third-order valence-electron chi connectivity index (χ3n) is 4.65. The molecule has 2 aromatic heterocycles. The van der Waals surface area contributed by atoms with Gasteiger partial charge in [-0.05, 0) is 17.7 Å². The standard InChI is InChI=1S/C18H21N7O/c1-23-10-11-25(12-13-6-4-5-7-15(13)23)18-22-21-16(24(18)2)14-8-9-19-17(20-14)26-3/h4-9H,10-12H2,1-3H3. The molecule has 0 saturated carbocycles. The zero-order chi connectivity index (χ0) is 18.1. The molecule has 1 aliphatic heterocycles. The fourth-order valence-corrected chi connectivity index (χ4v) is 3.25. The molecule has 134 valence electrons. The lowest BCUT2D eigenvalue weighted by Crippen LogP contribution is -2.30. The van der Waals surface area contributed by atoms with Gasteiger partial charge < -0.3 is 14.5 Å². The number of anilines is 2. The average Bonchev–Trinajstić information content (AvgIpc) is 2.98. The maximum atomic E-state index is 5.11. The van der Waals surface area contributed by atoms with Gasteiger partial charge in [0.2, 0.25) is 5.95 Å². The Morgan fingerprint density at radius 3 is 2.73 bits per heavy atom. The summed E-state index contributed by atoms with van der Waals surface area (Å²) in [5, 5.41) is 8.78. The maximum absolute atomic E-state index is 5.11. The summed E-state index contributed by atoms with van der Waals surface area (Å²) in [5.41, 5.74) is 3.23. The molecular weight excluding hydrogens is 330 g/mol.